The van der Waals surface area contributed by atoms with Crippen LogP contribution in [0.1, 0.15) is 1.37 Å². The molecule has 0 saturated carbocycles. The van der Waals surface area contributed by atoms with Crippen LogP contribution in [0.15, 0.2) is 0 Å². The van der Waals surface area contributed by atoms with Gasteiger partial charge >= 0.3 is 7.82 Å². The zero-order valence-corrected chi connectivity index (χ0v) is 6.83. The molecule has 1 unspecified atom stereocenters. The first-order valence-corrected chi connectivity index (χ1v) is 4.43. The Labute approximate surface area is 69.9 Å². The van der Waals surface area contributed by atoms with E-state index in [1.807, 2.05) is 0 Å². The van der Waals surface area contributed by atoms with Crippen LogP contribution in [0.4, 0.5) is 0 Å². The van der Waals surface area contributed by atoms with Gasteiger partial charge < -0.3 is 25.1 Å². The van der Waals surface area contributed by atoms with E-state index in [1.165, 1.54) is 0 Å². The van der Waals surface area contributed by atoms with Crippen LogP contribution in [0.2, 0.25) is 0 Å². The Morgan fingerprint density at radius 2 is 1.92 bits per heavy atom. The van der Waals surface area contributed by atoms with Crippen LogP contribution in [0.25, 0.3) is 0 Å². The van der Waals surface area contributed by atoms with E-state index in [1.54, 1.807) is 0 Å². The molecule has 0 aromatic heterocycles. The molecule has 0 saturated heterocycles. The lowest BCUT2D eigenvalue weighted by molar-refractivity contribution is -0.0381. The molecule has 0 aromatic carbocycles. The van der Waals surface area contributed by atoms with Gasteiger partial charge in [0.1, 0.15) is 12.2 Å². The molecule has 0 aliphatic carbocycles. The van der Waals surface area contributed by atoms with E-state index in [2.05, 4.69) is 4.52 Å². The van der Waals surface area contributed by atoms with Gasteiger partial charge in [-0.25, -0.2) is 4.57 Å². The third-order valence-electron chi connectivity index (χ3n) is 0.960. The first kappa shape index (κ1) is 10.1. The summed E-state index contributed by atoms with van der Waals surface area (Å²) in [6.07, 6.45) is -3.55. The number of hydrogen-bond acceptors (Lipinski definition) is 5. The van der Waals surface area contributed by atoms with Crippen LogP contribution in [-0.2, 0) is 9.09 Å². The molecule has 0 fully saturated rings. The molecule has 0 aromatic rings. The summed E-state index contributed by atoms with van der Waals surface area (Å²) in [7, 11) is -4.70. The Morgan fingerprint density at radius 3 is 2.25 bits per heavy atom. The summed E-state index contributed by atoms with van der Waals surface area (Å²) in [6, 6.07) is 0. The monoisotopic (exact) mass is 203 g/mol. The standard InChI is InChI=1S/C4H11O7P/c5-1-3(6)4(7)2-11-12(8,9)10/h3-7H,1-2H2,(H2,8,9,10)/t3-,4+/m0/s1/i1D/t1?,3-,4+. The Balaban J connectivity index is 3.88. The third kappa shape index (κ3) is 5.62. The van der Waals surface area contributed by atoms with Crippen molar-refractivity contribution in [3.8, 4) is 0 Å². The van der Waals surface area contributed by atoms with Crippen molar-refractivity contribution in [3.05, 3.63) is 0 Å². The topological polar surface area (TPSA) is 127 Å². The van der Waals surface area contributed by atoms with E-state index in [0.717, 1.165) is 0 Å². The first-order valence-electron chi connectivity index (χ1n) is 3.48. The van der Waals surface area contributed by atoms with Crippen LogP contribution in [0.3, 0.4) is 0 Å². The summed E-state index contributed by atoms with van der Waals surface area (Å²) >= 11 is 0. The highest BCUT2D eigenvalue weighted by Gasteiger charge is 2.21. The minimum atomic E-state index is -4.70. The average molecular weight is 203 g/mol. The molecule has 8 heteroatoms. The van der Waals surface area contributed by atoms with E-state index < -0.39 is 33.2 Å². The highest BCUT2D eigenvalue weighted by molar-refractivity contribution is 7.46. The molecule has 5 N–H and O–H groups in total. The number of rotatable bonds is 5. The van der Waals surface area contributed by atoms with E-state index >= 15 is 0 Å². The predicted molar refractivity (Wildman–Crippen MR) is 37.1 cm³/mol. The van der Waals surface area contributed by atoms with Crippen LogP contribution in [-0.4, -0.2) is 50.5 Å². The van der Waals surface area contributed by atoms with E-state index in [9.17, 15) is 4.57 Å². The molecular formula is C4H11O7P. The molecule has 74 valence electrons. The first-order chi connectivity index (χ1) is 5.74. The Kier molecular flexibility index (Phi) is 4.10. The van der Waals surface area contributed by atoms with Crippen molar-refractivity contribution in [2.45, 2.75) is 12.2 Å². The van der Waals surface area contributed by atoms with Gasteiger partial charge in [0.05, 0.1) is 14.6 Å². The summed E-state index contributed by atoms with van der Waals surface area (Å²) < 4.78 is 20.5. The molecule has 0 radical (unpaired) electrons. The minimum absolute atomic E-state index is 0.860. The molecule has 0 heterocycles. The number of hydrogen-bond donors (Lipinski definition) is 5. The van der Waals surface area contributed by atoms with E-state index in [-0.39, 0.29) is 0 Å². The van der Waals surface area contributed by atoms with Crippen LogP contribution < -0.4 is 0 Å². The van der Waals surface area contributed by atoms with Gasteiger partial charge in [-0.05, 0) is 0 Å². The number of phosphoric ester groups is 1. The van der Waals surface area contributed by atoms with Crippen LogP contribution in [0, 0.1) is 0 Å². The smallest absolute Gasteiger partial charge is 0.394 e. The van der Waals surface area contributed by atoms with Crippen molar-refractivity contribution in [2.24, 2.45) is 0 Å². The fraction of sp³-hybridized carbons (Fsp3) is 1.00. The van der Waals surface area contributed by atoms with Crippen molar-refractivity contribution in [1.82, 2.24) is 0 Å². The van der Waals surface area contributed by atoms with Gasteiger partial charge in [-0.15, -0.1) is 0 Å². The van der Waals surface area contributed by atoms with Gasteiger partial charge in [0.2, 0.25) is 0 Å². The molecule has 0 aliphatic rings. The fourth-order valence-electron chi connectivity index (χ4n) is 0.371. The SMILES string of the molecule is [2H]C(O)[C@H](O)[C@H](O)COP(=O)(O)O. The lowest BCUT2D eigenvalue weighted by Crippen LogP contribution is -2.32. The Morgan fingerprint density at radius 1 is 1.42 bits per heavy atom. The Hall–Kier alpha value is -0.0100. The largest absolute Gasteiger partial charge is 0.469 e. The van der Waals surface area contributed by atoms with E-state index in [4.69, 9.17) is 26.5 Å². The highest BCUT2D eigenvalue weighted by atomic mass is 31.2. The highest BCUT2D eigenvalue weighted by Crippen LogP contribution is 2.35. The summed E-state index contributed by atoms with van der Waals surface area (Å²) in [4.78, 5) is 16.3. The lowest BCUT2D eigenvalue weighted by Gasteiger charge is -2.15. The van der Waals surface area contributed by atoms with Gasteiger partial charge in [-0.1, -0.05) is 0 Å². The molecule has 0 spiro atoms. The quantitative estimate of drug-likeness (QED) is 0.321. The van der Waals surface area contributed by atoms with E-state index in [0.29, 0.717) is 0 Å². The Bertz CT molecular complexity index is 191. The second-order valence-corrected chi connectivity index (χ2v) is 3.23. The summed E-state index contributed by atoms with van der Waals surface area (Å²) in [5.41, 5.74) is 0. The van der Waals surface area contributed by atoms with Gasteiger partial charge in [0, 0.05) is 0 Å². The molecule has 7 nitrogen and oxygen atoms in total. The lowest BCUT2D eigenvalue weighted by atomic mass is 10.2. The average Bonchev–Trinajstić information content (AvgIpc) is 1.97. The zero-order chi connectivity index (χ0) is 10.6. The zero-order valence-electron chi connectivity index (χ0n) is 6.94. The molecule has 3 atom stereocenters. The van der Waals surface area contributed by atoms with Crippen LogP contribution >= 0.6 is 7.82 Å². The minimum Gasteiger partial charge on any atom is -0.394 e. The fourth-order valence-corrected chi connectivity index (χ4v) is 0.718. The van der Waals surface area contributed by atoms with Gasteiger partial charge in [-0.2, -0.15) is 0 Å². The maximum Gasteiger partial charge on any atom is 0.469 e. The van der Waals surface area contributed by atoms with Gasteiger partial charge in [0.25, 0.3) is 0 Å². The van der Waals surface area contributed by atoms with Crippen molar-refractivity contribution < 1.29 is 35.6 Å². The molecule has 12 heavy (non-hydrogen) atoms. The maximum atomic E-state index is 10.1. The van der Waals surface area contributed by atoms with Crippen molar-refractivity contribution >= 4 is 7.82 Å². The third-order valence-corrected chi connectivity index (χ3v) is 1.45. The summed E-state index contributed by atoms with van der Waals surface area (Å²) in [5.74, 6) is 0. The second-order valence-electron chi connectivity index (χ2n) is 1.99. The second kappa shape index (κ2) is 4.88. The summed E-state index contributed by atoms with van der Waals surface area (Å²) in [6.45, 7) is -2.81. The summed E-state index contributed by atoms with van der Waals surface area (Å²) in [5, 5.41) is 26.1. The maximum absolute atomic E-state index is 10.1. The molecular weight excluding hydrogens is 191 g/mol. The van der Waals surface area contributed by atoms with Gasteiger partial charge in [-0.3, -0.25) is 4.52 Å². The van der Waals surface area contributed by atoms with Crippen molar-refractivity contribution in [2.75, 3.05) is 13.2 Å². The predicted octanol–water partition coefficient (Wildman–Crippen LogP) is -2.19. The van der Waals surface area contributed by atoms with Gasteiger partial charge in [0.15, 0.2) is 0 Å². The van der Waals surface area contributed by atoms with Crippen molar-refractivity contribution in [1.29, 1.82) is 0 Å². The number of phosphoric acid groups is 1. The molecule has 0 rings (SSSR count). The number of aliphatic hydroxyl groups excluding tert-OH is 3. The normalized spacial score (nSPS) is 21.2. The van der Waals surface area contributed by atoms with Crippen molar-refractivity contribution in [3.63, 3.8) is 0 Å². The number of aliphatic hydroxyl groups is 3. The molecule has 0 amide bonds. The molecule has 0 aliphatic heterocycles. The van der Waals surface area contributed by atoms with Crippen LogP contribution in [0.5, 0.6) is 0 Å². The molecule has 0 bridgehead atoms.